The maximum atomic E-state index is 13.7. The molecule has 0 aliphatic heterocycles. The molecule has 0 heterocycles. The van der Waals surface area contributed by atoms with Gasteiger partial charge in [-0.05, 0) is 67.3 Å². The van der Waals surface area contributed by atoms with Gasteiger partial charge in [-0.15, -0.1) is 0 Å². The monoisotopic (exact) mass is 514 g/mol. The number of carbonyl (C=O) groups excluding carboxylic acids is 2. The summed E-state index contributed by atoms with van der Waals surface area (Å²) in [7, 11) is 0. The highest BCUT2D eigenvalue weighted by Crippen LogP contribution is 2.26. The van der Waals surface area contributed by atoms with Crippen molar-refractivity contribution in [2.75, 3.05) is 6.54 Å². The van der Waals surface area contributed by atoms with Gasteiger partial charge in [0.2, 0.25) is 11.8 Å². The van der Waals surface area contributed by atoms with Crippen molar-refractivity contribution < 1.29 is 9.59 Å². The van der Waals surface area contributed by atoms with Crippen molar-refractivity contribution >= 4 is 23.4 Å². The second-order valence-corrected chi connectivity index (χ2v) is 10.0. The zero-order chi connectivity index (χ0) is 25.9. The summed E-state index contributed by atoms with van der Waals surface area (Å²) < 4.78 is 0. The summed E-state index contributed by atoms with van der Waals surface area (Å²) in [6.07, 6.45) is 8.80. The van der Waals surface area contributed by atoms with Gasteiger partial charge in [-0.2, -0.15) is 0 Å². The van der Waals surface area contributed by atoms with Crippen LogP contribution in [0.25, 0.3) is 0 Å². The summed E-state index contributed by atoms with van der Waals surface area (Å²) in [5.74, 6) is -0.206. The number of nitrogens with zero attached hydrogens (tertiary/aromatic N) is 1. The van der Waals surface area contributed by atoms with Crippen molar-refractivity contribution in [2.24, 2.45) is 0 Å². The highest BCUT2D eigenvalue weighted by Gasteiger charge is 2.31. The number of hydrogen-bond acceptors (Lipinski definition) is 2. The summed E-state index contributed by atoms with van der Waals surface area (Å²) in [6, 6.07) is 26.3. The van der Waals surface area contributed by atoms with Crippen molar-refractivity contribution in [1.82, 2.24) is 10.2 Å². The molecular weight excluding hydrogens is 480 g/mol. The Morgan fingerprint density at radius 3 is 2.22 bits per heavy atom. The van der Waals surface area contributed by atoms with Crippen molar-refractivity contribution in [3.8, 4) is 0 Å². The van der Waals surface area contributed by atoms with Gasteiger partial charge in [0.25, 0.3) is 0 Å². The molecule has 2 amide bonds. The number of carbonyl (C=O) groups is 2. The molecule has 0 radical (unpaired) electrons. The molecule has 0 aromatic heterocycles. The molecule has 5 heteroatoms. The minimum Gasteiger partial charge on any atom is -0.354 e. The highest BCUT2D eigenvalue weighted by molar-refractivity contribution is 6.30. The number of rotatable bonds is 11. The third-order valence-electron chi connectivity index (χ3n) is 6.86. The smallest absolute Gasteiger partial charge is 0.247 e. The Balaban J connectivity index is 1.56. The van der Waals surface area contributed by atoms with Gasteiger partial charge in [0.05, 0.1) is 0 Å². The minimum absolute atomic E-state index is 0.0576. The lowest BCUT2D eigenvalue weighted by Crippen LogP contribution is -2.43. The Morgan fingerprint density at radius 1 is 0.838 bits per heavy atom. The van der Waals surface area contributed by atoms with Crippen LogP contribution in [0.2, 0.25) is 5.02 Å². The van der Waals surface area contributed by atoms with Gasteiger partial charge in [-0.25, -0.2) is 0 Å². The maximum absolute atomic E-state index is 13.7. The standard InChI is InChI=1S/C32H35ClN2O2/c33-29-19-16-27(17-20-29)24-35(30(36)21-18-25-10-4-1-5-11-25)31(28-14-8-3-9-15-28)32(37)34-23-22-26-12-6-2-7-13-26/h1,3-5,8-12,14-17,19-20,31H,2,6-7,13,18,21-24H2,(H,34,37)/t31-/m0/s1. The molecular formula is C32H35ClN2O2. The van der Waals surface area contributed by atoms with Crippen LogP contribution in [0.5, 0.6) is 0 Å². The van der Waals surface area contributed by atoms with E-state index in [1.807, 2.05) is 84.9 Å². The first kappa shape index (κ1) is 26.7. The summed E-state index contributed by atoms with van der Waals surface area (Å²) in [6.45, 7) is 0.893. The average Bonchev–Trinajstić information content (AvgIpc) is 2.94. The molecule has 1 aliphatic carbocycles. The molecule has 3 aromatic carbocycles. The first-order valence-corrected chi connectivity index (χ1v) is 13.6. The minimum atomic E-state index is -0.722. The maximum Gasteiger partial charge on any atom is 0.247 e. The molecule has 192 valence electrons. The van der Waals surface area contributed by atoms with Crippen LogP contribution in [0.4, 0.5) is 0 Å². The fraction of sp³-hybridized carbons (Fsp3) is 0.312. The van der Waals surface area contributed by atoms with Gasteiger partial charge in [0.1, 0.15) is 6.04 Å². The normalized spacial score (nSPS) is 13.9. The second-order valence-electron chi connectivity index (χ2n) is 9.60. The van der Waals surface area contributed by atoms with Crippen molar-refractivity contribution in [1.29, 1.82) is 0 Å². The molecule has 4 nitrogen and oxygen atoms in total. The zero-order valence-electron chi connectivity index (χ0n) is 21.2. The Morgan fingerprint density at radius 2 is 1.54 bits per heavy atom. The largest absolute Gasteiger partial charge is 0.354 e. The van der Waals surface area contributed by atoms with E-state index in [9.17, 15) is 9.59 Å². The van der Waals surface area contributed by atoms with E-state index in [1.54, 1.807) is 4.90 Å². The van der Waals surface area contributed by atoms with Gasteiger partial charge in [0, 0.05) is 24.5 Å². The summed E-state index contributed by atoms with van der Waals surface area (Å²) in [5.41, 5.74) is 4.25. The third kappa shape index (κ3) is 8.06. The topological polar surface area (TPSA) is 49.4 Å². The molecule has 4 rings (SSSR count). The van der Waals surface area contributed by atoms with E-state index in [0.29, 0.717) is 31.0 Å². The third-order valence-corrected chi connectivity index (χ3v) is 7.11. The molecule has 0 bridgehead atoms. The fourth-order valence-corrected chi connectivity index (χ4v) is 4.96. The number of nitrogens with one attached hydrogen (secondary N) is 1. The van der Waals surface area contributed by atoms with Gasteiger partial charge in [-0.3, -0.25) is 9.59 Å². The van der Waals surface area contributed by atoms with E-state index in [2.05, 4.69) is 11.4 Å². The predicted octanol–water partition coefficient (Wildman–Crippen LogP) is 7.05. The van der Waals surface area contributed by atoms with Crippen molar-refractivity contribution in [3.63, 3.8) is 0 Å². The van der Waals surface area contributed by atoms with Crippen LogP contribution in [0.1, 0.15) is 61.3 Å². The van der Waals surface area contributed by atoms with E-state index in [0.717, 1.165) is 36.0 Å². The molecule has 1 atom stereocenters. The fourth-order valence-electron chi connectivity index (χ4n) is 4.83. The highest BCUT2D eigenvalue weighted by atomic mass is 35.5. The SMILES string of the molecule is O=C(NCCC1=CCCCC1)[C@H](c1ccccc1)N(Cc1ccc(Cl)cc1)C(=O)CCc1ccccc1. The molecule has 37 heavy (non-hydrogen) atoms. The molecule has 0 saturated carbocycles. The van der Waals surface area contributed by atoms with Crippen LogP contribution in [0.15, 0.2) is 96.6 Å². The van der Waals surface area contributed by atoms with Crippen molar-refractivity contribution in [3.05, 3.63) is 118 Å². The quantitative estimate of drug-likeness (QED) is 0.279. The lowest BCUT2D eigenvalue weighted by atomic mass is 9.97. The Labute approximate surface area is 225 Å². The molecule has 0 saturated heterocycles. The second kappa shape index (κ2) is 13.8. The van der Waals surface area contributed by atoms with E-state index >= 15 is 0 Å². The van der Waals surface area contributed by atoms with Gasteiger partial charge in [0.15, 0.2) is 0 Å². The van der Waals surface area contributed by atoms with Crippen LogP contribution < -0.4 is 5.32 Å². The number of allylic oxidation sites excluding steroid dienone is 1. The first-order valence-electron chi connectivity index (χ1n) is 13.2. The van der Waals surface area contributed by atoms with Gasteiger partial charge in [-0.1, -0.05) is 96.0 Å². The molecule has 1 aliphatic rings. The lowest BCUT2D eigenvalue weighted by molar-refractivity contribution is -0.141. The lowest BCUT2D eigenvalue weighted by Gasteiger charge is -2.32. The Kier molecular flexibility index (Phi) is 9.96. The number of hydrogen-bond donors (Lipinski definition) is 1. The molecule has 0 unspecified atom stereocenters. The van der Waals surface area contributed by atoms with E-state index in [4.69, 9.17) is 11.6 Å². The zero-order valence-corrected chi connectivity index (χ0v) is 22.0. The summed E-state index contributed by atoms with van der Waals surface area (Å²) >= 11 is 6.11. The van der Waals surface area contributed by atoms with Crippen LogP contribution in [0.3, 0.4) is 0 Å². The molecule has 0 spiro atoms. The van der Waals surface area contributed by atoms with Crippen LogP contribution in [-0.4, -0.2) is 23.3 Å². The van der Waals surface area contributed by atoms with E-state index in [1.165, 1.54) is 18.4 Å². The molecule has 1 N–H and O–H groups in total. The molecule has 0 fully saturated rings. The van der Waals surface area contributed by atoms with Crippen LogP contribution >= 0.6 is 11.6 Å². The summed E-state index contributed by atoms with van der Waals surface area (Å²) in [5, 5.41) is 3.78. The van der Waals surface area contributed by atoms with E-state index in [-0.39, 0.29) is 11.8 Å². The first-order chi connectivity index (χ1) is 18.1. The van der Waals surface area contributed by atoms with Crippen molar-refractivity contribution in [2.45, 2.75) is 57.5 Å². The van der Waals surface area contributed by atoms with Crippen LogP contribution in [0, 0.1) is 0 Å². The number of benzene rings is 3. The van der Waals surface area contributed by atoms with Gasteiger partial charge < -0.3 is 10.2 Å². The van der Waals surface area contributed by atoms with Crippen LogP contribution in [-0.2, 0) is 22.6 Å². The predicted molar refractivity (Wildman–Crippen MR) is 150 cm³/mol. The number of amides is 2. The Bertz CT molecular complexity index is 1180. The Hall–Kier alpha value is -3.37. The molecule has 3 aromatic rings. The number of aryl methyl sites for hydroxylation is 1. The van der Waals surface area contributed by atoms with E-state index < -0.39 is 6.04 Å². The number of halogens is 1. The summed E-state index contributed by atoms with van der Waals surface area (Å²) in [4.78, 5) is 29.2. The average molecular weight is 515 g/mol. The van der Waals surface area contributed by atoms with Gasteiger partial charge >= 0.3 is 0 Å².